The lowest BCUT2D eigenvalue weighted by Gasteiger charge is -2.09. The normalized spacial score (nSPS) is 11.8. The molecule has 3 aromatic carbocycles. The summed E-state index contributed by atoms with van der Waals surface area (Å²) >= 11 is 1.24. The number of hydrazone groups is 1. The summed E-state index contributed by atoms with van der Waals surface area (Å²) in [5, 5.41) is 4.36. The second-order valence-electron chi connectivity index (χ2n) is 7.12. The van der Waals surface area contributed by atoms with Crippen LogP contribution in [-0.4, -0.2) is 27.4 Å². The van der Waals surface area contributed by atoms with Crippen molar-refractivity contribution >= 4 is 34.9 Å². The van der Waals surface area contributed by atoms with Crippen molar-refractivity contribution < 1.29 is 18.0 Å². The fraction of sp³-hybridized carbons (Fsp3) is 0.125. The lowest BCUT2D eigenvalue weighted by molar-refractivity contribution is -0.137. The first-order valence-corrected chi connectivity index (χ1v) is 11.0. The summed E-state index contributed by atoms with van der Waals surface area (Å²) in [5.41, 5.74) is 4.22. The number of carbonyl (C=O) groups excluding carboxylic acids is 1. The quantitative estimate of drug-likeness (QED) is 0.226. The number of hydrogen-bond acceptors (Lipinski definition) is 4. The number of carbonyl (C=O) groups is 1. The third-order valence-corrected chi connectivity index (χ3v) is 5.77. The molecule has 5 nitrogen and oxygen atoms in total. The zero-order valence-corrected chi connectivity index (χ0v) is 18.1. The van der Waals surface area contributed by atoms with Crippen molar-refractivity contribution in [3.05, 3.63) is 95.6 Å². The molecule has 9 heteroatoms. The summed E-state index contributed by atoms with van der Waals surface area (Å²) in [4.78, 5) is 16.9. The molecule has 0 saturated carbocycles. The highest BCUT2D eigenvalue weighted by atomic mass is 32.2. The van der Waals surface area contributed by atoms with Crippen molar-refractivity contribution in [1.82, 2.24) is 15.0 Å². The van der Waals surface area contributed by atoms with Crippen LogP contribution in [0.25, 0.3) is 11.0 Å². The number of halogens is 3. The number of para-hydroxylation sites is 2. The van der Waals surface area contributed by atoms with E-state index in [4.69, 9.17) is 0 Å². The molecule has 0 bridgehead atoms. The van der Waals surface area contributed by atoms with Gasteiger partial charge in [0.25, 0.3) is 5.91 Å². The molecule has 168 valence electrons. The van der Waals surface area contributed by atoms with Crippen molar-refractivity contribution in [2.75, 3.05) is 5.75 Å². The first kappa shape index (κ1) is 22.6. The Morgan fingerprint density at radius 3 is 2.48 bits per heavy atom. The molecule has 4 aromatic rings. The fourth-order valence-electron chi connectivity index (χ4n) is 3.29. The Bertz CT molecular complexity index is 1290. The van der Waals surface area contributed by atoms with E-state index in [2.05, 4.69) is 15.5 Å². The SMILES string of the molecule is O=C(CSc1nc2ccccc2n1Cc1ccccc1)NN=Cc1ccccc1C(F)(F)F. The minimum absolute atomic E-state index is 0.0103. The van der Waals surface area contributed by atoms with Crippen LogP contribution >= 0.6 is 11.8 Å². The van der Waals surface area contributed by atoms with Gasteiger partial charge in [-0.25, -0.2) is 10.4 Å². The number of amides is 1. The molecule has 0 spiro atoms. The van der Waals surface area contributed by atoms with Crippen LogP contribution in [0, 0.1) is 0 Å². The zero-order chi connectivity index (χ0) is 23.3. The van der Waals surface area contributed by atoms with Crippen LogP contribution < -0.4 is 5.43 Å². The minimum Gasteiger partial charge on any atom is -0.314 e. The van der Waals surface area contributed by atoms with Gasteiger partial charge >= 0.3 is 6.18 Å². The highest BCUT2D eigenvalue weighted by molar-refractivity contribution is 7.99. The molecule has 0 atom stereocenters. The molecule has 1 heterocycles. The van der Waals surface area contributed by atoms with Crippen LogP contribution in [0.5, 0.6) is 0 Å². The van der Waals surface area contributed by atoms with Crippen LogP contribution in [0.15, 0.2) is 89.1 Å². The summed E-state index contributed by atoms with van der Waals surface area (Å²) in [6.45, 7) is 0.595. The standard InChI is InChI=1S/C24H19F3N4OS/c25-24(26,27)19-11-5-4-10-18(19)14-28-30-22(32)16-33-23-29-20-12-6-7-13-21(20)31(23)15-17-8-2-1-3-9-17/h1-14H,15-16H2,(H,30,32). The minimum atomic E-state index is -4.50. The van der Waals surface area contributed by atoms with E-state index in [0.29, 0.717) is 11.7 Å². The van der Waals surface area contributed by atoms with Crippen molar-refractivity contribution in [3.63, 3.8) is 0 Å². The first-order chi connectivity index (χ1) is 15.9. The van der Waals surface area contributed by atoms with Crippen molar-refractivity contribution in [2.45, 2.75) is 17.9 Å². The predicted molar refractivity (Wildman–Crippen MR) is 123 cm³/mol. The van der Waals surface area contributed by atoms with Gasteiger partial charge in [-0.05, 0) is 23.8 Å². The molecule has 0 aliphatic carbocycles. The summed E-state index contributed by atoms with van der Waals surface area (Å²) < 4.78 is 41.2. The monoisotopic (exact) mass is 468 g/mol. The third kappa shape index (κ3) is 5.61. The number of nitrogens with zero attached hydrogens (tertiary/aromatic N) is 3. The second-order valence-corrected chi connectivity index (χ2v) is 8.06. The van der Waals surface area contributed by atoms with Crippen LogP contribution in [0.3, 0.4) is 0 Å². The maximum Gasteiger partial charge on any atom is 0.417 e. The highest BCUT2D eigenvalue weighted by Crippen LogP contribution is 2.31. The molecule has 4 rings (SSSR count). The van der Waals surface area contributed by atoms with Crippen LogP contribution in [0.1, 0.15) is 16.7 Å². The Labute approximate surface area is 192 Å². The fourth-order valence-corrected chi connectivity index (χ4v) is 4.09. The van der Waals surface area contributed by atoms with Crippen molar-refractivity contribution in [2.24, 2.45) is 5.10 Å². The van der Waals surface area contributed by atoms with Gasteiger partial charge in [-0.15, -0.1) is 0 Å². The van der Waals surface area contributed by atoms with E-state index in [0.717, 1.165) is 28.9 Å². The molecule has 0 unspecified atom stereocenters. The van der Waals surface area contributed by atoms with Crippen molar-refractivity contribution in [1.29, 1.82) is 0 Å². The number of nitrogens with one attached hydrogen (secondary N) is 1. The Balaban J connectivity index is 1.44. The van der Waals surface area contributed by atoms with Crippen LogP contribution in [0.4, 0.5) is 13.2 Å². The molecule has 0 radical (unpaired) electrons. The Hall–Kier alpha value is -3.59. The van der Waals surface area contributed by atoms with Crippen LogP contribution in [0.2, 0.25) is 0 Å². The number of alkyl halides is 3. The third-order valence-electron chi connectivity index (χ3n) is 4.79. The maximum atomic E-state index is 13.1. The van der Waals surface area contributed by atoms with Gasteiger partial charge in [0.15, 0.2) is 5.16 Å². The smallest absolute Gasteiger partial charge is 0.314 e. The van der Waals surface area contributed by atoms with Gasteiger partial charge < -0.3 is 4.57 Å². The number of fused-ring (bicyclic) bond motifs is 1. The lowest BCUT2D eigenvalue weighted by Crippen LogP contribution is -2.20. The number of aromatic nitrogens is 2. The molecule has 1 amide bonds. The van der Waals surface area contributed by atoms with Gasteiger partial charge in [0.2, 0.25) is 0 Å². The van der Waals surface area contributed by atoms with Gasteiger partial charge in [0.05, 0.1) is 35.1 Å². The van der Waals surface area contributed by atoms with E-state index in [-0.39, 0.29) is 11.3 Å². The molecule has 0 aliphatic heterocycles. The summed E-state index contributed by atoms with van der Waals surface area (Å²) in [7, 11) is 0. The molecule has 0 fully saturated rings. The number of hydrogen-bond donors (Lipinski definition) is 1. The van der Waals surface area contributed by atoms with E-state index in [1.165, 1.54) is 30.0 Å². The van der Waals surface area contributed by atoms with E-state index in [1.54, 1.807) is 0 Å². The van der Waals surface area contributed by atoms with E-state index in [9.17, 15) is 18.0 Å². The average molecular weight is 469 g/mol. The maximum absolute atomic E-state index is 13.1. The number of benzene rings is 3. The molecule has 0 aliphatic rings. The second kappa shape index (κ2) is 9.91. The molecule has 0 saturated heterocycles. The number of imidazole rings is 1. The summed E-state index contributed by atoms with van der Waals surface area (Å²) in [6.07, 6.45) is -3.50. The largest absolute Gasteiger partial charge is 0.417 e. The zero-order valence-electron chi connectivity index (χ0n) is 17.3. The van der Waals surface area contributed by atoms with E-state index < -0.39 is 17.6 Å². The Morgan fingerprint density at radius 1 is 1.00 bits per heavy atom. The van der Waals surface area contributed by atoms with Gasteiger partial charge in [0.1, 0.15) is 0 Å². The predicted octanol–water partition coefficient (Wildman–Crippen LogP) is 5.35. The first-order valence-electron chi connectivity index (χ1n) is 10.0. The average Bonchev–Trinajstić information content (AvgIpc) is 3.15. The number of rotatable bonds is 7. The van der Waals surface area contributed by atoms with E-state index in [1.807, 2.05) is 59.2 Å². The summed E-state index contributed by atoms with van der Waals surface area (Å²) in [6, 6.07) is 22.7. The Morgan fingerprint density at radius 2 is 1.70 bits per heavy atom. The molecule has 1 aromatic heterocycles. The summed E-state index contributed by atoms with van der Waals surface area (Å²) in [5.74, 6) is -0.435. The molecule has 33 heavy (non-hydrogen) atoms. The number of thioether (sulfide) groups is 1. The van der Waals surface area contributed by atoms with Gasteiger partial charge in [-0.3, -0.25) is 4.79 Å². The van der Waals surface area contributed by atoms with Crippen molar-refractivity contribution in [3.8, 4) is 0 Å². The van der Waals surface area contributed by atoms with Crippen LogP contribution in [-0.2, 0) is 17.5 Å². The Kier molecular flexibility index (Phi) is 6.79. The molecular weight excluding hydrogens is 449 g/mol. The highest BCUT2D eigenvalue weighted by Gasteiger charge is 2.32. The molecule has 1 N–H and O–H groups in total. The van der Waals surface area contributed by atoms with Gasteiger partial charge in [0, 0.05) is 5.56 Å². The molecular formula is C24H19F3N4OS. The van der Waals surface area contributed by atoms with Gasteiger partial charge in [-0.2, -0.15) is 18.3 Å². The topological polar surface area (TPSA) is 59.3 Å². The van der Waals surface area contributed by atoms with E-state index >= 15 is 0 Å². The van der Waals surface area contributed by atoms with Gasteiger partial charge in [-0.1, -0.05) is 72.4 Å². The lowest BCUT2D eigenvalue weighted by atomic mass is 10.1.